The summed E-state index contributed by atoms with van der Waals surface area (Å²) in [7, 11) is 0. The maximum absolute atomic E-state index is 11.5. The molecule has 0 radical (unpaired) electrons. The van der Waals surface area contributed by atoms with Crippen LogP contribution in [0.15, 0.2) is 24.8 Å². The Balaban J connectivity index is 3.32. The number of benzene rings is 1. The zero-order valence-electron chi connectivity index (χ0n) is 11.9. The van der Waals surface area contributed by atoms with Gasteiger partial charge in [-0.05, 0) is 36.1 Å². The molecular weight excluding hydrogens is 256 g/mol. The number of carboxylic acid groups (broad SMARTS) is 1. The summed E-state index contributed by atoms with van der Waals surface area (Å²) in [4.78, 5) is 22.7. The molecule has 0 fully saturated rings. The van der Waals surface area contributed by atoms with Crippen LogP contribution in [0.25, 0.3) is 0 Å². The molecule has 108 valence electrons. The van der Waals surface area contributed by atoms with Gasteiger partial charge in [-0.15, -0.1) is 0 Å². The molecule has 0 saturated heterocycles. The Kier molecular flexibility index (Phi) is 5.97. The van der Waals surface area contributed by atoms with Crippen molar-refractivity contribution >= 4 is 11.9 Å². The Hall–Kier alpha value is -2.10. The molecule has 0 aliphatic carbocycles. The lowest BCUT2D eigenvalue weighted by molar-refractivity contribution is -0.128. The molecular formula is C16H20O4. The standard InChI is InChI=1S/C16H20O4/c1-4-7-11-9-13(20-14(17)6-3)10-12(8-5-2)15(11)16(18)19/h6,9-10H,3-5,7-8H2,1-2H3,(H,18,19). The van der Waals surface area contributed by atoms with E-state index >= 15 is 0 Å². The van der Waals surface area contributed by atoms with Gasteiger partial charge in [-0.2, -0.15) is 0 Å². The molecule has 4 nitrogen and oxygen atoms in total. The third-order valence-corrected chi connectivity index (χ3v) is 2.91. The first kappa shape index (κ1) is 16.0. The summed E-state index contributed by atoms with van der Waals surface area (Å²) in [5.41, 5.74) is 1.75. The van der Waals surface area contributed by atoms with Crippen LogP contribution in [-0.4, -0.2) is 17.0 Å². The fraction of sp³-hybridized carbons (Fsp3) is 0.375. The number of hydrogen-bond acceptors (Lipinski definition) is 3. The minimum Gasteiger partial charge on any atom is -0.478 e. The monoisotopic (exact) mass is 276 g/mol. The van der Waals surface area contributed by atoms with Crippen molar-refractivity contribution in [2.75, 3.05) is 0 Å². The molecule has 0 aliphatic rings. The van der Waals surface area contributed by atoms with Crippen LogP contribution in [0, 0.1) is 0 Å². The topological polar surface area (TPSA) is 63.6 Å². The van der Waals surface area contributed by atoms with Gasteiger partial charge in [0, 0.05) is 6.08 Å². The van der Waals surface area contributed by atoms with Gasteiger partial charge in [-0.3, -0.25) is 0 Å². The highest BCUT2D eigenvalue weighted by Gasteiger charge is 2.17. The molecule has 0 saturated carbocycles. The van der Waals surface area contributed by atoms with E-state index in [1.165, 1.54) is 0 Å². The summed E-state index contributed by atoms with van der Waals surface area (Å²) >= 11 is 0. The quantitative estimate of drug-likeness (QED) is 0.471. The van der Waals surface area contributed by atoms with Crippen molar-refractivity contribution < 1.29 is 19.4 Å². The second-order valence-corrected chi connectivity index (χ2v) is 4.55. The zero-order chi connectivity index (χ0) is 15.1. The Bertz CT molecular complexity index is 490. The number of carbonyl (C=O) groups excluding carboxylic acids is 1. The summed E-state index contributed by atoms with van der Waals surface area (Å²) < 4.78 is 5.12. The normalized spacial score (nSPS) is 10.1. The highest BCUT2D eigenvalue weighted by Crippen LogP contribution is 2.25. The van der Waals surface area contributed by atoms with E-state index in [1.807, 2.05) is 13.8 Å². The number of carboxylic acids is 1. The number of esters is 1. The molecule has 1 rings (SSSR count). The van der Waals surface area contributed by atoms with Crippen molar-refractivity contribution in [3.05, 3.63) is 41.5 Å². The van der Waals surface area contributed by atoms with Gasteiger partial charge in [-0.1, -0.05) is 33.3 Å². The number of aromatic carboxylic acids is 1. The number of carbonyl (C=O) groups is 2. The minimum absolute atomic E-state index is 0.340. The number of hydrogen-bond donors (Lipinski definition) is 1. The number of ether oxygens (including phenoxy) is 1. The summed E-state index contributed by atoms with van der Waals surface area (Å²) in [6, 6.07) is 3.26. The van der Waals surface area contributed by atoms with E-state index in [2.05, 4.69) is 6.58 Å². The van der Waals surface area contributed by atoms with Crippen LogP contribution in [0.3, 0.4) is 0 Å². The van der Waals surface area contributed by atoms with Crippen molar-refractivity contribution in [1.29, 1.82) is 0 Å². The first-order valence-corrected chi connectivity index (χ1v) is 6.76. The van der Waals surface area contributed by atoms with Crippen LogP contribution in [0.1, 0.15) is 48.2 Å². The zero-order valence-corrected chi connectivity index (χ0v) is 11.9. The summed E-state index contributed by atoms with van der Waals surface area (Å²) in [6.07, 6.45) is 4.01. The molecule has 0 spiro atoms. The van der Waals surface area contributed by atoms with Crippen LogP contribution in [-0.2, 0) is 17.6 Å². The lowest BCUT2D eigenvalue weighted by Gasteiger charge is -2.13. The first-order chi connectivity index (χ1) is 9.53. The molecule has 1 N–H and O–H groups in total. The van der Waals surface area contributed by atoms with Gasteiger partial charge in [-0.25, -0.2) is 9.59 Å². The molecule has 1 aromatic carbocycles. The van der Waals surface area contributed by atoms with Gasteiger partial charge in [0.25, 0.3) is 0 Å². The Morgan fingerprint density at radius 2 is 1.70 bits per heavy atom. The van der Waals surface area contributed by atoms with Crippen LogP contribution < -0.4 is 4.74 Å². The van der Waals surface area contributed by atoms with Crippen molar-refractivity contribution in [3.8, 4) is 5.75 Å². The molecule has 0 amide bonds. The second-order valence-electron chi connectivity index (χ2n) is 4.55. The fourth-order valence-electron chi connectivity index (χ4n) is 2.16. The number of rotatable bonds is 7. The summed E-state index contributed by atoms with van der Waals surface area (Å²) in [5, 5.41) is 9.39. The smallest absolute Gasteiger partial charge is 0.336 e. The van der Waals surface area contributed by atoms with E-state index in [4.69, 9.17) is 4.74 Å². The molecule has 0 aromatic heterocycles. The van der Waals surface area contributed by atoms with E-state index in [1.54, 1.807) is 12.1 Å². The van der Waals surface area contributed by atoms with Crippen LogP contribution >= 0.6 is 0 Å². The van der Waals surface area contributed by atoms with Crippen molar-refractivity contribution in [3.63, 3.8) is 0 Å². The van der Waals surface area contributed by atoms with E-state index in [-0.39, 0.29) is 0 Å². The average molecular weight is 276 g/mol. The van der Waals surface area contributed by atoms with Crippen LogP contribution in [0.2, 0.25) is 0 Å². The van der Waals surface area contributed by atoms with Crippen molar-refractivity contribution in [2.24, 2.45) is 0 Å². The van der Waals surface area contributed by atoms with Gasteiger partial charge in [0.15, 0.2) is 0 Å². The van der Waals surface area contributed by atoms with E-state index in [9.17, 15) is 14.7 Å². The summed E-state index contributed by atoms with van der Waals surface area (Å²) in [6.45, 7) is 7.31. The Morgan fingerprint density at radius 1 is 1.20 bits per heavy atom. The summed E-state index contributed by atoms with van der Waals surface area (Å²) in [5.74, 6) is -1.09. The SMILES string of the molecule is C=CC(=O)Oc1cc(CCC)c(C(=O)O)c(CCC)c1. The van der Waals surface area contributed by atoms with E-state index in [0.29, 0.717) is 35.3 Å². The molecule has 0 atom stereocenters. The Morgan fingerprint density at radius 3 is 2.05 bits per heavy atom. The number of aryl methyl sites for hydroxylation is 2. The largest absolute Gasteiger partial charge is 0.478 e. The first-order valence-electron chi connectivity index (χ1n) is 6.76. The maximum Gasteiger partial charge on any atom is 0.336 e. The lowest BCUT2D eigenvalue weighted by Crippen LogP contribution is -2.10. The van der Waals surface area contributed by atoms with E-state index in [0.717, 1.165) is 18.9 Å². The molecule has 4 heteroatoms. The third-order valence-electron chi connectivity index (χ3n) is 2.91. The highest BCUT2D eigenvalue weighted by molar-refractivity contribution is 5.92. The predicted molar refractivity (Wildman–Crippen MR) is 77.2 cm³/mol. The third kappa shape index (κ3) is 3.95. The van der Waals surface area contributed by atoms with Gasteiger partial charge in [0.1, 0.15) is 5.75 Å². The maximum atomic E-state index is 11.5. The van der Waals surface area contributed by atoms with Gasteiger partial charge in [0.2, 0.25) is 0 Å². The minimum atomic E-state index is -0.932. The predicted octanol–water partition coefficient (Wildman–Crippen LogP) is 3.38. The van der Waals surface area contributed by atoms with Gasteiger partial charge >= 0.3 is 11.9 Å². The lowest BCUT2D eigenvalue weighted by atomic mass is 9.95. The highest BCUT2D eigenvalue weighted by atomic mass is 16.5. The molecule has 0 heterocycles. The van der Waals surface area contributed by atoms with Crippen molar-refractivity contribution in [1.82, 2.24) is 0 Å². The van der Waals surface area contributed by atoms with Gasteiger partial charge < -0.3 is 9.84 Å². The van der Waals surface area contributed by atoms with Crippen LogP contribution in [0.5, 0.6) is 5.75 Å². The fourth-order valence-corrected chi connectivity index (χ4v) is 2.16. The second kappa shape index (κ2) is 7.48. The Labute approximate surface area is 119 Å². The van der Waals surface area contributed by atoms with Crippen molar-refractivity contribution in [2.45, 2.75) is 39.5 Å². The van der Waals surface area contributed by atoms with Crippen LogP contribution in [0.4, 0.5) is 0 Å². The van der Waals surface area contributed by atoms with E-state index < -0.39 is 11.9 Å². The molecule has 20 heavy (non-hydrogen) atoms. The molecule has 1 aromatic rings. The molecule has 0 unspecified atom stereocenters. The molecule has 0 aliphatic heterocycles. The van der Waals surface area contributed by atoms with Gasteiger partial charge in [0.05, 0.1) is 5.56 Å². The average Bonchev–Trinajstić information content (AvgIpc) is 2.38. The molecule has 0 bridgehead atoms.